The highest BCUT2D eigenvalue weighted by molar-refractivity contribution is 5.94. The number of hydrogen-bond donors (Lipinski definition) is 1. The number of aromatic nitrogens is 1. The minimum absolute atomic E-state index is 0.298. The summed E-state index contributed by atoms with van der Waals surface area (Å²) in [6.07, 6.45) is 4.06. The predicted molar refractivity (Wildman–Crippen MR) is 79.1 cm³/mol. The summed E-state index contributed by atoms with van der Waals surface area (Å²) in [5, 5.41) is 3.37. The van der Waals surface area contributed by atoms with Crippen molar-refractivity contribution in [2.24, 2.45) is 5.92 Å². The molecule has 1 aromatic rings. The zero-order chi connectivity index (χ0) is 14.4. The highest BCUT2D eigenvalue weighted by atomic mass is 16.5. The number of esters is 1. The zero-order valence-corrected chi connectivity index (χ0v) is 12.3. The fraction of sp³-hybridized carbons (Fsp3) is 0.600. The fourth-order valence-electron chi connectivity index (χ4n) is 2.61. The van der Waals surface area contributed by atoms with E-state index in [-0.39, 0.29) is 5.97 Å². The smallest absolute Gasteiger partial charge is 0.341 e. The minimum Gasteiger partial charge on any atom is -0.462 e. The molecule has 2 heterocycles. The Hall–Kier alpha value is -1.62. The summed E-state index contributed by atoms with van der Waals surface area (Å²) in [5.74, 6) is 1.07. The van der Waals surface area contributed by atoms with Crippen LogP contribution in [0.2, 0.25) is 0 Å². The van der Waals surface area contributed by atoms with Crippen LogP contribution in [-0.2, 0) is 4.74 Å². The maximum absolute atomic E-state index is 12.0. The van der Waals surface area contributed by atoms with E-state index >= 15 is 0 Å². The molecule has 0 atom stereocenters. The maximum atomic E-state index is 12.0. The normalized spacial score (nSPS) is 15.9. The van der Waals surface area contributed by atoms with Crippen LogP contribution in [0.25, 0.3) is 0 Å². The Labute approximate surface area is 120 Å². The third kappa shape index (κ3) is 3.70. The van der Waals surface area contributed by atoms with Crippen molar-refractivity contribution in [1.82, 2.24) is 10.3 Å². The second kappa shape index (κ2) is 7.24. The van der Waals surface area contributed by atoms with Gasteiger partial charge in [-0.15, -0.1) is 0 Å². The lowest BCUT2D eigenvalue weighted by atomic mass is 9.97. The van der Waals surface area contributed by atoms with E-state index in [0.29, 0.717) is 23.9 Å². The Kier molecular flexibility index (Phi) is 5.35. The second-order valence-corrected chi connectivity index (χ2v) is 5.17. The molecule has 2 rings (SSSR count). The third-order valence-electron chi connectivity index (χ3n) is 3.63. The lowest BCUT2D eigenvalue weighted by molar-refractivity contribution is 0.0526. The van der Waals surface area contributed by atoms with E-state index in [9.17, 15) is 4.79 Å². The molecule has 1 aromatic heterocycles. The van der Waals surface area contributed by atoms with Gasteiger partial charge in [0.2, 0.25) is 0 Å². The highest BCUT2D eigenvalue weighted by Crippen LogP contribution is 2.20. The molecule has 5 heteroatoms. The van der Waals surface area contributed by atoms with Gasteiger partial charge in [0.1, 0.15) is 11.4 Å². The first kappa shape index (κ1) is 14.8. The van der Waals surface area contributed by atoms with Crippen LogP contribution in [-0.4, -0.2) is 44.2 Å². The summed E-state index contributed by atoms with van der Waals surface area (Å²) in [6.45, 7) is 5.26. The van der Waals surface area contributed by atoms with Crippen LogP contribution in [0.5, 0.6) is 0 Å². The Balaban J connectivity index is 2.08. The lowest BCUT2D eigenvalue weighted by Crippen LogP contribution is -2.35. The largest absolute Gasteiger partial charge is 0.462 e. The third-order valence-corrected chi connectivity index (χ3v) is 3.63. The first-order chi connectivity index (χ1) is 9.72. The Morgan fingerprint density at radius 2 is 2.25 bits per heavy atom. The van der Waals surface area contributed by atoms with Crippen molar-refractivity contribution in [3.8, 4) is 0 Å². The SMILES string of the molecule is CCOC(=O)c1cccnc1N(C)CC1CCNCC1. The number of hydrogen-bond acceptors (Lipinski definition) is 5. The topological polar surface area (TPSA) is 54.5 Å². The second-order valence-electron chi connectivity index (χ2n) is 5.17. The minimum atomic E-state index is -0.298. The Bertz CT molecular complexity index is 444. The van der Waals surface area contributed by atoms with Crippen LogP contribution in [0.1, 0.15) is 30.1 Å². The summed E-state index contributed by atoms with van der Waals surface area (Å²) in [5.41, 5.74) is 0.547. The predicted octanol–water partition coefficient (Wildman–Crippen LogP) is 1.69. The van der Waals surface area contributed by atoms with Gasteiger partial charge in [-0.25, -0.2) is 9.78 Å². The molecule has 0 aromatic carbocycles. The van der Waals surface area contributed by atoms with Crippen molar-refractivity contribution >= 4 is 11.8 Å². The van der Waals surface area contributed by atoms with Crippen LogP contribution in [0.3, 0.4) is 0 Å². The number of rotatable bonds is 5. The molecule has 20 heavy (non-hydrogen) atoms. The van der Waals surface area contributed by atoms with Crippen molar-refractivity contribution in [3.05, 3.63) is 23.9 Å². The quantitative estimate of drug-likeness (QED) is 0.830. The van der Waals surface area contributed by atoms with E-state index < -0.39 is 0 Å². The van der Waals surface area contributed by atoms with Crippen molar-refractivity contribution in [1.29, 1.82) is 0 Å². The Morgan fingerprint density at radius 3 is 2.95 bits per heavy atom. The van der Waals surface area contributed by atoms with Crippen molar-refractivity contribution in [2.45, 2.75) is 19.8 Å². The van der Waals surface area contributed by atoms with Gasteiger partial charge in [-0.05, 0) is 50.9 Å². The monoisotopic (exact) mass is 277 g/mol. The standard InChI is InChI=1S/C15H23N3O2/c1-3-20-15(19)13-5-4-8-17-14(13)18(2)11-12-6-9-16-10-7-12/h4-5,8,12,16H,3,6-7,9-11H2,1-2H3. The van der Waals surface area contributed by atoms with Gasteiger partial charge in [0, 0.05) is 19.8 Å². The molecule has 0 saturated carbocycles. The van der Waals surface area contributed by atoms with Crippen LogP contribution >= 0.6 is 0 Å². The van der Waals surface area contributed by atoms with E-state index in [4.69, 9.17) is 4.74 Å². The molecule has 1 N–H and O–H groups in total. The van der Waals surface area contributed by atoms with Gasteiger partial charge in [-0.3, -0.25) is 0 Å². The first-order valence-electron chi connectivity index (χ1n) is 7.26. The molecule has 5 nitrogen and oxygen atoms in total. The van der Waals surface area contributed by atoms with Gasteiger partial charge in [0.05, 0.1) is 6.61 Å². The lowest BCUT2D eigenvalue weighted by Gasteiger charge is -2.28. The van der Waals surface area contributed by atoms with Gasteiger partial charge in [0.25, 0.3) is 0 Å². The average Bonchev–Trinajstić information content (AvgIpc) is 2.48. The van der Waals surface area contributed by atoms with E-state index in [0.717, 1.165) is 19.6 Å². The summed E-state index contributed by atoms with van der Waals surface area (Å²) in [6, 6.07) is 3.55. The molecule has 1 aliphatic rings. The molecule has 0 amide bonds. The van der Waals surface area contributed by atoms with E-state index in [2.05, 4.69) is 15.2 Å². The molecule has 0 bridgehead atoms. The fourth-order valence-corrected chi connectivity index (χ4v) is 2.61. The van der Waals surface area contributed by atoms with Crippen molar-refractivity contribution in [3.63, 3.8) is 0 Å². The molecule has 0 aliphatic carbocycles. The number of nitrogens with one attached hydrogen (secondary N) is 1. The molecular weight excluding hydrogens is 254 g/mol. The van der Waals surface area contributed by atoms with E-state index in [1.54, 1.807) is 18.3 Å². The Morgan fingerprint density at radius 1 is 1.50 bits per heavy atom. The van der Waals surface area contributed by atoms with Crippen LogP contribution in [0, 0.1) is 5.92 Å². The molecule has 0 radical (unpaired) electrons. The number of nitrogens with zero attached hydrogens (tertiary/aromatic N) is 2. The van der Waals surface area contributed by atoms with E-state index in [1.807, 2.05) is 14.0 Å². The summed E-state index contributed by atoms with van der Waals surface area (Å²) in [7, 11) is 1.99. The van der Waals surface area contributed by atoms with Gasteiger partial charge in [0.15, 0.2) is 0 Å². The number of pyridine rings is 1. The van der Waals surface area contributed by atoms with Gasteiger partial charge in [-0.2, -0.15) is 0 Å². The molecule has 1 saturated heterocycles. The number of anilines is 1. The summed E-state index contributed by atoms with van der Waals surface area (Å²) < 4.78 is 5.09. The first-order valence-corrected chi connectivity index (χ1v) is 7.26. The van der Waals surface area contributed by atoms with Gasteiger partial charge < -0.3 is 15.0 Å². The van der Waals surface area contributed by atoms with Crippen LogP contribution < -0.4 is 10.2 Å². The molecule has 1 fully saturated rings. The molecular formula is C15H23N3O2. The molecule has 0 unspecified atom stereocenters. The number of carbonyl (C=O) groups excluding carboxylic acids is 1. The van der Waals surface area contributed by atoms with Gasteiger partial charge in [-0.1, -0.05) is 0 Å². The summed E-state index contributed by atoms with van der Waals surface area (Å²) >= 11 is 0. The number of carbonyl (C=O) groups is 1. The van der Waals surface area contributed by atoms with E-state index in [1.165, 1.54) is 12.8 Å². The highest BCUT2D eigenvalue weighted by Gasteiger charge is 2.20. The summed E-state index contributed by atoms with van der Waals surface area (Å²) in [4.78, 5) is 18.4. The van der Waals surface area contributed by atoms with Gasteiger partial charge >= 0.3 is 5.97 Å². The molecule has 0 spiro atoms. The van der Waals surface area contributed by atoms with Crippen LogP contribution in [0.15, 0.2) is 18.3 Å². The average molecular weight is 277 g/mol. The maximum Gasteiger partial charge on any atom is 0.341 e. The number of piperidine rings is 1. The zero-order valence-electron chi connectivity index (χ0n) is 12.3. The van der Waals surface area contributed by atoms with Crippen molar-refractivity contribution in [2.75, 3.05) is 38.2 Å². The van der Waals surface area contributed by atoms with Crippen LogP contribution in [0.4, 0.5) is 5.82 Å². The molecule has 1 aliphatic heterocycles. The molecule has 110 valence electrons. The van der Waals surface area contributed by atoms with Crippen molar-refractivity contribution < 1.29 is 9.53 Å². The number of ether oxygens (including phenoxy) is 1.